The van der Waals surface area contributed by atoms with Gasteiger partial charge < -0.3 is 10.6 Å². The lowest BCUT2D eigenvalue weighted by atomic mass is 10.1. The van der Waals surface area contributed by atoms with Crippen LogP contribution >= 0.6 is 0 Å². The van der Waals surface area contributed by atoms with Crippen LogP contribution in [-0.2, 0) is 0 Å². The molecule has 3 heteroatoms. The third-order valence-electron chi connectivity index (χ3n) is 3.34. The van der Waals surface area contributed by atoms with E-state index in [9.17, 15) is 0 Å². The molecule has 0 amide bonds. The van der Waals surface area contributed by atoms with Gasteiger partial charge in [-0.2, -0.15) is 0 Å². The van der Waals surface area contributed by atoms with Crippen molar-refractivity contribution in [1.82, 2.24) is 4.98 Å². The van der Waals surface area contributed by atoms with Crippen LogP contribution < -0.4 is 10.6 Å². The number of anilines is 2. The Kier molecular flexibility index (Phi) is 4.61. The Morgan fingerprint density at radius 1 is 1.11 bits per heavy atom. The molecular weight excluding hydrogens is 234 g/mol. The van der Waals surface area contributed by atoms with Gasteiger partial charge in [0.05, 0.1) is 0 Å². The molecule has 0 saturated heterocycles. The molecule has 0 fully saturated rings. The maximum atomic E-state index is 5.85. The Hall–Kier alpha value is -1.77. The first-order valence-corrected chi connectivity index (χ1v) is 7.15. The fraction of sp³-hybridized carbons (Fsp3) is 0.438. The van der Waals surface area contributed by atoms with Crippen molar-refractivity contribution in [3.8, 4) is 0 Å². The van der Waals surface area contributed by atoms with E-state index in [1.165, 1.54) is 23.6 Å². The fourth-order valence-electron chi connectivity index (χ4n) is 2.37. The quantitative estimate of drug-likeness (QED) is 0.800. The van der Waals surface area contributed by atoms with Crippen molar-refractivity contribution in [3.05, 3.63) is 30.5 Å². The molecule has 1 aromatic carbocycles. The number of pyridine rings is 1. The van der Waals surface area contributed by atoms with Gasteiger partial charge in [-0.05, 0) is 42.5 Å². The summed E-state index contributed by atoms with van der Waals surface area (Å²) >= 11 is 0. The van der Waals surface area contributed by atoms with Crippen molar-refractivity contribution >= 4 is 22.3 Å². The molecule has 0 unspecified atom stereocenters. The van der Waals surface area contributed by atoms with Gasteiger partial charge >= 0.3 is 0 Å². The van der Waals surface area contributed by atoms with Crippen LogP contribution in [-0.4, -0.2) is 18.1 Å². The number of hydrogen-bond acceptors (Lipinski definition) is 3. The van der Waals surface area contributed by atoms with Crippen molar-refractivity contribution in [1.29, 1.82) is 0 Å². The molecule has 0 aliphatic heterocycles. The standard InChI is InChI=1S/C16H23N3/c1-3-5-11-19(10-4-2)16-15-7-6-14(17)12-13(15)8-9-18-16/h6-9,12H,3-5,10-11,17H2,1-2H3. The maximum Gasteiger partial charge on any atom is 0.136 e. The van der Waals surface area contributed by atoms with Gasteiger partial charge in [0.1, 0.15) is 5.82 Å². The van der Waals surface area contributed by atoms with Gasteiger partial charge in [0.2, 0.25) is 0 Å². The van der Waals surface area contributed by atoms with E-state index in [1.807, 2.05) is 24.4 Å². The minimum atomic E-state index is 0.806. The molecular formula is C16H23N3. The van der Waals surface area contributed by atoms with Crippen LogP contribution in [0.3, 0.4) is 0 Å². The molecule has 2 aromatic rings. The number of rotatable bonds is 6. The lowest BCUT2D eigenvalue weighted by molar-refractivity contribution is 0.699. The van der Waals surface area contributed by atoms with Crippen molar-refractivity contribution in [2.75, 3.05) is 23.7 Å². The molecule has 0 bridgehead atoms. The largest absolute Gasteiger partial charge is 0.399 e. The Bertz CT molecular complexity index is 537. The predicted octanol–water partition coefficient (Wildman–Crippen LogP) is 3.83. The zero-order valence-corrected chi connectivity index (χ0v) is 11.9. The zero-order valence-electron chi connectivity index (χ0n) is 11.9. The molecule has 102 valence electrons. The lowest BCUT2D eigenvalue weighted by Gasteiger charge is -2.24. The average Bonchev–Trinajstić information content (AvgIpc) is 2.42. The summed E-state index contributed by atoms with van der Waals surface area (Å²) in [6.45, 7) is 6.56. The minimum Gasteiger partial charge on any atom is -0.399 e. The van der Waals surface area contributed by atoms with Gasteiger partial charge in [0, 0.05) is 30.4 Å². The third kappa shape index (κ3) is 3.16. The smallest absolute Gasteiger partial charge is 0.136 e. The van der Waals surface area contributed by atoms with Crippen LogP contribution in [0.25, 0.3) is 10.8 Å². The zero-order chi connectivity index (χ0) is 13.7. The molecule has 0 saturated carbocycles. The van der Waals surface area contributed by atoms with Gasteiger partial charge in [-0.25, -0.2) is 4.98 Å². The summed E-state index contributed by atoms with van der Waals surface area (Å²) in [5.74, 6) is 1.09. The maximum absolute atomic E-state index is 5.85. The Balaban J connectivity index is 2.40. The van der Waals surface area contributed by atoms with Gasteiger partial charge in [-0.1, -0.05) is 20.3 Å². The first-order chi connectivity index (χ1) is 9.26. The Labute approximate surface area is 115 Å². The molecule has 0 radical (unpaired) electrons. The number of nitrogen functional groups attached to an aromatic ring is 1. The van der Waals surface area contributed by atoms with Crippen LogP contribution in [0.4, 0.5) is 11.5 Å². The SMILES string of the molecule is CCCCN(CCC)c1nccc2cc(N)ccc12. The van der Waals surface area contributed by atoms with E-state index in [1.54, 1.807) is 0 Å². The highest BCUT2D eigenvalue weighted by molar-refractivity contribution is 5.93. The molecule has 3 nitrogen and oxygen atoms in total. The van der Waals surface area contributed by atoms with Gasteiger partial charge in [0.15, 0.2) is 0 Å². The van der Waals surface area contributed by atoms with Crippen LogP contribution in [0.1, 0.15) is 33.1 Å². The summed E-state index contributed by atoms with van der Waals surface area (Å²) in [7, 11) is 0. The molecule has 1 heterocycles. The number of nitrogens with zero attached hydrogens (tertiary/aromatic N) is 2. The number of hydrogen-bond donors (Lipinski definition) is 1. The number of fused-ring (bicyclic) bond motifs is 1. The van der Waals surface area contributed by atoms with Crippen LogP contribution in [0.5, 0.6) is 0 Å². The summed E-state index contributed by atoms with van der Waals surface area (Å²) in [6, 6.07) is 8.09. The second kappa shape index (κ2) is 6.41. The highest BCUT2D eigenvalue weighted by Gasteiger charge is 2.10. The second-order valence-corrected chi connectivity index (χ2v) is 4.96. The average molecular weight is 257 g/mol. The summed E-state index contributed by atoms with van der Waals surface area (Å²) in [5, 5.41) is 2.36. The minimum absolute atomic E-state index is 0.806. The Morgan fingerprint density at radius 3 is 2.68 bits per heavy atom. The van der Waals surface area contributed by atoms with Gasteiger partial charge in [-0.3, -0.25) is 0 Å². The van der Waals surface area contributed by atoms with E-state index in [-0.39, 0.29) is 0 Å². The first kappa shape index (κ1) is 13.7. The van der Waals surface area contributed by atoms with Crippen molar-refractivity contribution in [2.45, 2.75) is 33.1 Å². The third-order valence-corrected chi connectivity index (χ3v) is 3.34. The molecule has 1 aromatic heterocycles. The summed E-state index contributed by atoms with van der Waals surface area (Å²) in [4.78, 5) is 6.98. The number of nitrogens with two attached hydrogens (primary N) is 1. The molecule has 2 N–H and O–H groups in total. The lowest BCUT2D eigenvalue weighted by Crippen LogP contribution is -2.26. The van der Waals surface area contributed by atoms with Crippen molar-refractivity contribution in [3.63, 3.8) is 0 Å². The number of unbranched alkanes of at least 4 members (excludes halogenated alkanes) is 1. The summed E-state index contributed by atoms with van der Waals surface area (Å²) < 4.78 is 0. The van der Waals surface area contributed by atoms with E-state index in [4.69, 9.17) is 5.73 Å². The topological polar surface area (TPSA) is 42.2 Å². The van der Waals surface area contributed by atoms with Crippen LogP contribution in [0.15, 0.2) is 30.5 Å². The second-order valence-electron chi connectivity index (χ2n) is 4.96. The van der Waals surface area contributed by atoms with Crippen molar-refractivity contribution in [2.24, 2.45) is 0 Å². The highest BCUT2D eigenvalue weighted by Crippen LogP contribution is 2.26. The molecule has 0 atom stereocenters. The monoisotopic (exact) mass is 257 g/mol. The molecule has 19 heavy (non-hydrogen) atoms. The predicted molar refractivity (Wildman–Crippen MR) is 83.6 cm³/mol. The number of aromatic nitrogens is 1. The van der Waals surface area contributed by atoms with E-state index in [2.05, 4.69) is 29.8 Å². The molecule has 0 aliphatic rings. The Morgan fingerprint density at radius 2 is 1.95 bits per heavy atom. The van der Waals surface area contributed by atoms with Gasteiger partial charge in [0.25, 0.3) is 0 Å². The van der Waals surface area contributed by atoms with E-state index >= 15 is 0 Å². The molecule has 0 spiro atoms. The molecule has 0 aliphatic carbocycles. The number of benzene rings is 1. The summed E-state index contributed by atoms with van der Waals surface area (Å²) in [6.07, 6.45) is 5.42. The summed E-state index contributed by atoms with van der Waals surface area (Å²) in [5.41, 5.74) is 6.66. The van der Waals surface area contributed by atoms with Crippen molar-refractivity contribution < 1.29 is 0 Å². The molecule has 2 rings (SSSR count). The van der Waals surface area contributed by atoms with E-state index in [0.717, 1.165) is 31.0 Å². The van der Waals surface area contributed by atoms with Gasteiger partial charge in [-0.15, -0.1) is 0 Å². The first-order valence-electron chi connectivity index (χ1n) is 7.15. The highest BCUT2D eigenvalue weighted by atomic mass is 15.2. The normalized spacial score (nSPS) is 10.8. The van der Waals surface area contributed by atoms with E-state index < -0.39 is 0 Å². The fourth-order valence-corrected chi connectivity index (χ4v) is 2.37. The van der Waals surface area contributed by atoms with E-state index in [0.29, 0.717) is 0 Å². The van der Waals surface area contributed by atoms with Crippen LogP contribution in [0.2, 0.25) is 0 Å². The van der Waals surface area contributed by atoms with Crippen LogP contribution in [0, 0.1) is 0 Å².